The van der Waals surface area contributed by atoms with Crippen LogP contribution < -0.4 is 10.1 Å². The Bertz CT molecular complexity index is 1420. The smallest absolute Gasteiger partial charge is 0.272 e. The maximum atomic E-state index is 13.0. The normalized spacial score (nSPS) is 11.0. The number of carbonyl (C=O) groups excluding carboxylic acids is 1. The first-order valence-corrected chi connectivity index (χ1v) is 10.6. The summed E-state index contributed by atoms with van der Waals surface area (Å²) in [7, 11) is 1.62. The molecule has 1 amide bonds. The van der Waals surface area contributed by atoms with Gasteiger partial charge in [0, 0.05) is 24.0 Å². The summed E-state index contributed by atoms with van der Waals surface area (Å²) < 4.78 is 8.85. The first kappa shape index (κ1) is 20.7. The number of carbonyl (C=O) groups is 1. The third-order valence-corrected chi connectivity index (χ3v) is 5.47. The number of nitrogens with one attached hydrogen (secondary N) is 1. The van der Waals surface area contributed by atoms with Crippen LogP contribution in [0.3, 0.4) is 0 Å². The van der Waals surface area contributed by atoms with Gasteiger partial charge in [-0.15, -0.1) is 0 Å². The summed E-state index contributed by atoms with van der Waals surface area (Å²) in [5.41, 5.74) is 3.40. The number of rotatable bonds is 6. The summed E-state index contributed by atoms with van der Waals surface area (Å²) in [4.78, 5) is 21.9. The number of benzene rings is 2. The molecule has 0 saturated heterocycles. The highest BCUT2D eigenvalue weighted by Gasteiger charge is 2.21. The zero-order valence-electron chi connectivity index (χ0n) is 17.6. The van der Waals surface area contributed by atoms with E-state index in [4.69, 9.17) is 16.3 Å². The van der Waals surface area contributed by atoms with E-state index in [2.05, 4.69) is 20.4 Å². The van der Waals surface area contributed by atoms with Crippen molar-refractivity contribution in [3.8, 4) is 23.0 Å². The number of aromatic nitrogens is 5. The second-order valence-corrected chi connectivity index (χ2v) is 7.69. The summed E-state index contributed by atoms with van der Waals surface area (Å²) in [6.07, 6.45) is 6.75. The highest BCUT2D eigenvalue weighted by molar-refractivity contribution is 6.30. The van der Waals surface area contributed by atoms with Gasteiger partial charge in [-0.1, -0.05) is 23.7 Å². The Morgan fingerprint density at radius 3 is 2.61 bits per heavy atom. The van der Waals surface area contributed by atoms with E-state index >= 15 is 0 Å². The molecule has 0 unspecified atom stereocenters. The summed E-state index contributed by atoms with van der Waals surface area (Å²) in [6.45, 7) is 0.356. The summed E-state index contributed by atoms with van der Waals surface area (Å²) >= 11 is 5.94. The van der Waals surface area contributed by atoms with Crippen LogP contribution in [0.4, 0.5) is 0 Å². The molecule has 3 aromatic heterocycles. The highest BCUT2D eigenvalue weighted by atomic mass is 35.5. The van der Waals surface area contributed by atoms with Crippen molar-refractivity contribution in [3.05, 3.63) is 95.7 Å². The lowest BCUT2D eigenvalue weighted by molar-refractivity contribution is 0.0948. The molecule has 0 aliphatic heterocycles. The van der Waals surface area contributed by atoms with Gasteiger partial charge in [0.15, 0.2) is 11.5 Å². The second kappa shape index (κ2) is 8.76. The van der Waals surface area contributed by atoms with Gasteiger partial charge >= 0.3 is 0 Å². The average molecular weight is 459 g/mol. The van der Waals surface area contributed by atoms with E-state index in [0.29, 0.717) is 22.9 Å². The van der Waals surface area contributed by atoms with Gasteiger partial charge in [-0.2, -0.15) is 5.10 Å². The Kier molecular flexibility index (Phi) is 5.50. The van der Waals surface area contributed by atoms with Crippen LogP contribution in [0.15, 0.2) is 79.4 Å². The first-order chi connectivity index (χ1) is 16.1. The van der Waals surface area contributed by atoms with Crippen LogP contribution in [0.1, 0.15) is 16.1 Å². The molecule has 0 radical (unpaired) electrons. The van der Waals surface area contributed by atoms with Crippen LogP contribution in [0.5, 0.6) is 5.75 Å². The Labute approximate surface area is 194 Å². The quantitative estimate of drug-likeness (QED) is 0.412. The Balaban J connectivity index is 1.50. The van der Waals surface area contributed by atoms with Crippen molar-refractivity contribution in [2.75, 3.05) is 7.11 Å². The highest BCUT2D eigenvalue weighted by Crippen LogP contribution is 2.25. The molecule has 2 aromatic carbocycles. The molecule has 8 nitrogen and oxygen atoms in total. The average Bonchev–Trinajstić information content (AvgIpc) is 3.48. The standard InChI is InChI=1S/C24H19ClN6O2/c1-33-19-8-6-18(7-9-19)31-20(10-11-28-31)23-29-22(21-15-26-12-13-30(21)23)24(32)27-14-16-2-4-17(25)5-3-16/h2-13,15H,14H2,1H3,(H,27,32). The van der Waals surface area contributed by atoms with E-state index in [9.17, 15) is 4.79 Å². The Morgan fingerprint density at radius 1 is 1.06 bits per heavy atom. The molecule has 9 heteroatoms. The van der Waals surface area contributed by atoms with Gasteiger partial charge in [0.2, 0.25) is 0 Å². The van der Waals surface area contributed by atoms with E-state index in [0.717, 1.165) is 22.7 Å². The van der Waals surface area contributed by atoms with Gasteiger partial charge in [0.1, 0.15) is 11.4 Å². The van der Waals surface area contributed by atoms with Crippen LogP contribution in [0, 0.1) is 0 Å². The molecule has 5 aromatic rings. The molecule has 0 saturated carbocycles. The maximum absolute atomic E-state index is 13.0. The minimum atomic E-state index is -0.294. The first-order valence-electron chi connectivity index (χ1n) is 10.2. The van der Waals surface area contributed by atoms with E-state index in [-0.39, 0.29) is 11.6 Å². The van der Waals surface area contributed by atoms with Crippen LogP contribution in [0.25, 0.3) is 22.7 Å². The number of methoxy groups -OCH3 is 1. The van der Waals surface area contributed by atoms with Gasteiger partial charge < -0.3 is 10.1 Å². The van der Waals surface area contributed by atoms with Gasteiger partial charge in [0.25, 0.3) is 5.91 Å². The fourth-order valence-corrected chi connectivity index (χ4v) is 3.68. The third kappa shape index (κ3) is 4.04. The van der Waals surface area contributed by atoms with E-state index < -0.39 is 0 Å². The summed E-state index contributed by atoms with van der Waals surface area (Å²) in [5, 5.41) is 8.03. The minimum absolute atomic E-state index is 0.287. The van der Waals surface area contributed by atoms with Crippen molar-refractivity contribution in [1.29, 1.82) is 0 Å². The molecule has 33 heavy (non-hydrogen) atoms. The lowest BCUT2D eigenvalue weighted by Crippen LogP contribution is -2.23. The summed E-state index contributed by atoms with van der Waals surface area (Å²) in [5.74, 6) is 1.04. The number of amides is 1. The molecule has 5 rings (SSSR count). The number of hydrogen-bond donors (Lipinski definition) is 1. The second-order valence-electron chi connectivity index (χ2n) is 7.25. The van der Waals surface area contributed by atoms with E-state index in [1.165, 1.54) is 0 Å². The zero-order valence-corrected chi connectivity index (χ0v) is 18.4. The monoisotopic (exact) mass is 458 g/mol. The van der Waals surface area contributed by atoms with Gasteiger partial charge in [-0.05, 0) is 48.0 Å². The lowest BCUT2D eigenvalue weighted by atomic mass is 10.2. The van der Waals surface area contributed by atoms with Crippen molar-refractivity contribution < 1.29 is 9.53 Å². The summed E-state index contributed by atoms with van der Waals surface area (Å²) in [6, 6.07) is 16.7. The maximum Gasteiger partial charge on any atom is 0.272 e. The van der Waals surface area contributed by atoms with Gasteiger partial charge in [0.05, 0.1) is 30.7 Å². The Morgan fingerprint density at radius 2 is 1.85 bits per heavy atom. The molecular formula is C24H19ClN6O2. The van der Waals surface area contributed by atoms with Crippen LogP contribution in [0.2, 0.25) is 5.02 Å². The molecule has 0 spiro atoms. The number of nitrogens with zero attached hydrogens (tertiary/aromatic N) is 5. The number of imidazole rings is 1. The lowest BCUT2D eigenvalue weighted by Gasteiger charge is -2.08. The van der Waals surface area contributed by atoms with Crippen LogP contribution >= 0.6 is 11.6 Å². The van der Waals surface area contributed by atoms with Gasteiger partial charge in [-0.3, -0.25) is 14.2 Å². The van der Waals surface area contributed by atoms with Gasteiger partial charge in [-0.25, -0.2) is 9.67 Å². The van der Waals surface area contributed by atoms with E-state index in [1.807, 2.05) is 46.9 Å². The molecule has 164 valence electrons. The van der Waals surface area contributed by atoms with Crippen molar-refractivity contribution >= 4 is 23.0 Å². The SMILES string of the molecule is COc1ccc(-n2nccc2-c2nc(C(=O)NCc3ccc(Cl)cc3)c3cnccn23)cc1. The molecular weight excluding hydrogens is 440 g/mol. The largest absolute Gasteiger partial charge is 0.497 e. The number of fused-ring (bicyclic) bond motifs is 1. The van der Waals surface area contributed by atoms with Crippen molar-refractivity contribution in [2.45, 2.75) is 6.54 Å². The molecule has 0 bridgehead atoms. The van der Waals surface area contributed by atoms with E-state index in [1.54, 1.807) is 48.7 Å². The van der Waals surface area contributed by atoms with Crippen LogP contribution in [-0.4, -0.2) is 37.2 Å². The van der Waals surface area contributed by atoms with Crippen molar-refractivity contribution in [2.24, 2.45) is 0 Å². The molecule has 0 aliphatic rings. The third-order valence-electron chi connectivity index (χ3n) is 5.22. The predicted molar refractivity (Wildman–Crippen MR) is 125 cm³/mol. The van der Waals surface area contributed by atoms with Crippen LogP contribution in [-0.2, 0) is 6.54 Å². The molecule has 0 atom stereocenters. The zero-order chi connectivity index (χ0) is 22.8. The molecule has 0 aliphatic carbocycles. The topological polar surface area (TPSA) is 86.3 Å². The molecule has 0 fully saturated rings. The molecule has 3 heterocycles. The Hall–Kier alpha value is -4.17. The molecule has 1 N–H and O–H groups in total. The number of hydrogen-bond acceptors (Lipinski definition) is 5. The fourth-order valence-electron chi connectivity index (χ4n) is 3.56. The fraction of sp³-hybridized carbons (Fsp3) is 0.0833. The number of ether oxygens (including phenoxy) is 1. The number of halogens is 1. The predicted octanol–water partition coefficient (Wildman–Crippen LogP) is 4.17. The van der Waals surface area contributed by atoms with Crippen molar-refractivity contribution in [1.82, 2.24) is 29.5 Å². The minimum Gasteiger partial charge on any atom is -0.497 e. The van der Waals surface area contributed by atoms with Crippen molar-refractivity contribution in [3.63, 3.8) is 0 Å².